The smallest absolute Gasteiger partial charge is 0.394 e. The number of anilines is 1. The minimum atomic E-state index is -4.88. The lowest BCUT2D eigenvalue weighted by Gasteiger charge is -2.37. The van der Waals surface area contributed by atoms with Crippen molar-refractivity contribution in [3.05, 3.63) is 35.5 Å². The molecule has 1 aromatic heterocycles. The number of hydrogen-bond donors (Lipinski definition) is 1. The summed E-state index contributed by atoms with van der Waals surface area (Å²) in [5.41, 5.74) is -3.29. The number of piperidine rings is 1. The molecule has 0 radical (unpaired) electrons. The molecule has 142 valence electrons. The van der Waals surface area contributed by atoms with Crippen LogP contribution in [0.15, 0.2) is 24.3 Å². The van der Waals surface area contributed by atoms with Crippen molar-refractivity contribution in [3.63, 3.8) is 0 Å². The van der Waals surface area contributed by atoms with E-state index in [0.29, 0.717) is 19.4 Å². The third-order valence-electron chi connectivity index (χ3n) is 4.56. The Morgan fingerprint density at radius 3 is 2.42 bits per heavy atom. The van der Waals surface area contributed by atoms with Gasteiger partial charge in [-0.25, -0.2) is 4.98 Å². The van der Waals surface area contributed by atoms with Gasteiger partial charge in [0.25, 0.3) is 0 Å². The highest BCUT2D eigenvalue weighted by molar-refractivity contribution is 5.94. The van der Waals surface area contributed by atoms with Crippen LogP contribution in [0.1, 0.15) is 30.5 Å². The molecule has 1 aromatic carbocycles. The molecule has 2 aromatic rings. The first kappa shape index (κ1) is 18.8. The van der Waals surface area contributed by atoms with E-state index in [1.807, 2.05) is 0 Å². The van der Waals surface area contributed by atoms with Gasteiger partial charge >= 0.3 is 12.4 Å². The van der Waals surface area contributed by atoms with Crippen LogP contribution in [0.3, 0.4) is 0 Å². The monoisotopic (exact) mass is 378 g/mol. The van der Waals surface area contributed by atoms with Crippen LogP contribution in [0.2, 0.25) is 0 Å². The fourth-order valence-corrected chi connectivity index (χ4v) is 3.35. The minimum Gasteiger partial charge on any atom is -0.394 e. The summed E-state index contributed by atoms with van der Waals surface area (Å²) in [6.45, 7) is 0.0714. The highest BCUT2D eigenvalue weighted by atomic mass is 19.4. The molecule has 3 nitrogen and oxygen atoms in total. The van der Waals surface area contributed by atoms with Gasteiger partial charge in [0.05, 0.1) is 23.7 Å². The highest BCUT2D eigenvalue weighted by Gasteiger charge is 2.38. The molecular formula is C17H16F6N2O. The lowest BCUT2D eigenvalue weighted by Crippen LogP contribution is -2.42. The van der Waals surface area contributed by atoms with Crippen molar-refractivity contribution in [2.24, 2.45) is 0 Å². The summed E-state index contributed by atoms with van der Waals surface area (Å²) in [5, 5.41) is 9.54. The Morgan fingerprint density at radius 2 is 1.81 bits per heavy atom. The Labute approximate surface area is 145 Å². The summed E-state index contributed by atoms with van der Waals surface area (Å²) >= 11 is 0. The minimum absolute atomic E-state index is 0.00632. The highest BCUT2D eigenvalue weighted by Crippen LogP contribution is 2.41. The second-order valence-corrected chi connectivity index (χ2v) is 6.25. The summed E-state index contributed by atoms with van der Waals surface area (Å²) in [6, 6.07) is 3.54. The number of alkyl halides is 6. The maximum atomic E-state index is 13.3. The number of hydrogen-bond acceptors (Lipinski definition) is 3. The van der Waals surface area contributed by atoms with Gasteiger partial charge in [0.1, 0.15) is 5.69 Å². The predicted molar refractivity (Wildman–Crippen MR) is 83.8 cm³/mol. The van der Waals surface area contributed by atoms with E-state index in [-0.39, 0.29) is 17.7 Å². The molecule has 0 aliphatic carbocycles. The van der Waals surface area contributed by atoms with E-state index in [2.05, 4.69) is 4.98 Å². The second kappa shape index (κ2) is 6.61. The third kappa shape index (κ3) is 3.44. The summed E-state index contributed by atoms with van der Waals surface area (Å²) < 4.78 is 79.6. The van der Waals surface area contributed by atoms with Gasteiger partial charge in [-0.1, -0.05) is 12.1 Å². The number of aromatic nitrogens is 1. The van der Waals surface area contributed by atoms with Crippen molar-refractivity contribution in [1.29, 1.82) is 0 Å². The van der Waals surface area contributed by atoms with Gasteiger partial charge in [0.2, 0.25) is 0 Å². The lowest BCUT2D eigenvalue weighted by molar-refractivity contribution is -0.142. The molecule has 1 fully saturated rings. The van der Waals surface area contributed by atoms with Crippen LogP contribution < -0.4 is 4.90 Å². The van der Waals surface area contributed by atoms with Crippen molar-refractivity contribution in [2.45, 2.75) is 37.7 Å². The Hall–Kier alpha value is -2.03. The number of fused-ring (bicyclic) bond motifs is 1. The van der Waals surface area contributed by atoms with E-state index in [0.717, 1.165) is 24.6 Å². The Bertz CT molecular complexity index is 802. The van der Waals surface area contributed by atoms with Crippen molar-refractivity contribution in [2.75, 3.05) is 18.1 Å². The fourth-order valence-electron chi connectivity index (χ4n) is 3.35. The molecule has 1 aliphatic rings. The zero-order valence-electron chi connectivity index (χ0n) is 13.5. The van der Waals surface area contributed by atoms with E-state index in [1.54, 1.807) is 4.90 Å². The van der Waals surface area contributed by atoms with Crippen molar-refractivity contribution < 1.29 is 31.4 Å². The molecule has 9 heteroatoms. The molecule has 0 spiro atoms. The van der Waals surface area contributed by atoms with Crippen LogP contribution in [0.25, 0.3) is 10.9 Å². The standard InChI is InChI=1S/C17H16F6N2O/c18-16(19,20)12-6-3-5-11-13(25-7-2-1-4-10(25)9-26)8-14(17(21,22)23)24-15(11)12/h3,5-6,8,10,26H,1-2,4,7,9H2/t10-/m1/s1. The summed E-state index contributed by atoms with van der Waals surface area (Å²) in [4.78, 5) is 4.84. The number of benzene rings is 1. The molecule has 0 saturated carbocycles. The largest absolute Gasteiger partial charge is 0.433 e. The Morgan fingerprint density at radius 1 is 1.08 bits per heavy atom. The van der Waals surface area contributed by atoms with Crippen LogP contribution in [0, 0.1) is 0 Å². The zero-order chi connectivity index (χ0) is 19.1. The number of pyridine rings is 1. The molecule has 1 aliphatic heterocycles. The Balaban J connectivity index is 2.30. The van der Waals surface area contributed by atoms with E-state index >= 15 is 0 Å². The van der Waals surface area contributed by atoms with Crippen molar-refractivity contribution in [1.82, 2.24) is 4.98 Å². The normalized spacial score (nSPS) is 19.2. The summed E-state index contributed by atoms with van der Waals surface area (Å²) in [5.74, 6) is 0. The fraction of sp³-hybridized carbons (Fsp3) is 0.471. The molecule has 0 bridgehead atoms. The first-order chi connectivity index (χ1) is 12.1. The van der Waals surface area contributed by atoms with Gasteiger partial charge in [-0.2, -0.15) is 26.3 Å². The van der Waals surface area contributed by atoms with E-state index < -0.39 is 35.2 Å². The summed E-state index contributed by atoms with van der Waals surface area (Å²) in [7, 11) is 0. The van der Waals surface area contributed by atoms with Crippen LogP contribution in [-0.4, -0.2) is 29.3 Å². The van der Waals surface area contributed by atoms with Gasteiger partial charge in [0, 0.05) is 17.6 Å². The van der Waals surface area contributed by atoms with Gasteiger partial charge in [-0.15, -0.1) is 0 Å². The van der Waals surface area contributed by atoms with Gasteiger partial charge in [-0.3, -0.25) is 0 Å². The number of aliphatic hydroxyl groups is 1. The maximum Gasteiger partial charge on any atom is 0.433 e. The van der Waals surface area contributed by atoms with Gasteiger partial charge in [0.15, 0.2) is 0 Å². The zero-order valence-corrected chi connectivity index (χ0v) is 13.5. The average Bonchev–Trinajstić information content (AvgIpc) is 2.58. The van der Waals surface area contributed by atoms with Crippen molar-refractivity contribution in [3.8, 4) is 0 Å². The number of aliphatic hydroxyl groups excluding tert-OH is 1. The first-order valence-corrected chi connectivity index (χ1v) is 8.08. The predicted octanol–water partition coefficient (Wildman–Crippen LogP) is 4.62. The van der Waals surface area contributed by atoms with E-state index in [1.165, 1.54) is 6.07 Å². The third-order valence-corrected chi connectivity index (χ3v) is 4.56. The molecule has 0 unspecified atom stereocenters. The average molecular weight is 378 g/mol. The summed E-state index contributed by atoms with van der Waals surface area (Å²) in [6.07, 6.45) is -7.68. The first-order valence-electron chi connectivity index (χ1n) is 8.08. The molecule has 3 rings (SSSR count). The van der Waals surface area contributed by atoms with Crippen LogP contribution in [0.4, 0.5) is 32.0 Å². The van der Waals surface area contributed by atoms with Crippen molar-refractivity contribution >= 4 is 16.6 Å². The van der Waals surface area contributed by atoms with E-state index in [4.69, 9.17) is 0 Å². The van der Waals surface area contributed by atoms with Gasteiger partial charge in [-0.05, 0) is 31.4 Å². The SMILES string of the molecule is OC[C@H]1CCCCN1c1cc(C(F)(F)F)nc2c(C(F)(F)F)cccc12. The molecule has 1 N–H and O–H groups in total. The number of rotatable bonds is 2. The molecule has 1 atom stereocenters. The van der Waals surface area contributed by atoms with Gasteiger partial charge < -0.3 is 10.0 Å². The van der Waals surface area contributed by atoms with E-state index in [9.17, 15) is 31.4 Å². The van der Waals surface area contributed by atoms with Crippen LogP contribution in [0.5, 0.6) is 0 Å². The van der Waals surface area contributed by atoms with Crippen LogP contribution >= 0.6 is 0 Å². The second-order valence-electron chi connectivity index (χ2n) is 6.25. The number of para-hydroxylation sites is 1. The molecule has 0 amide bonds. The molecule has 2 heterocycles. The maximum absolute atomic E-state index is 13.3. The number of halogens is 6. The molecular weight excluding hydrogens is 362 g/mol. The quantitative estimate of drug-likeness (QED) is 0.775. The molecule has 1 saturated heterocycles. The lowest BCUT2D eigenvalue weighted by atomic mass is 9.99. The Kier molecular flexibility index (Phi) is 4.76. The topological polar surface area (TPSA) is 36.4 Å². The number of nitrogens with zero attached hydrogens (tertiary/aromatic N) is 2. The molecule has 26 heavy (non-hydrogen) atoms. The van der Waals surface area contributed by atoms with Crippen LogP contribution in [-0.2, 0) is 12.4 Å².